The smallest absolute Gasteiger partial charge is 0.323 e. The highest BCUT2D eigenvalue weighted by molar-refractivity contribution is 7.98. The number of nitrogens with zero attached hydrogens (tertiary/aromatic N) is 2. The lowest BCUT2D eigenvalue weighted by molar-refractivity contribution is 0.100. The Morgan fingerprint density at radius 1 is 1.11 bits per heavy atom. The average molecular weight is 514 g/mol. The maximum atomic E-state index is 13.9. The molecule has 8 nitrogen and oxygen atoms in total. The SMILES string of the molecule is Cc1ccc(F)c(NC(=O)Nc2ccc3sc(-c4cc(C(=O)N=[SH](C)(C)O)cnc4N)cc3c2)c1. The molecule has 0 aliphatic heterocycles. The number of thiophene rings is 1. The van der Waals surface area contributed by atoms with Crippen molar-refractivity contribution in [3.8, 4) is 10.4 Å². The van der Waals surface area contributed by atoms with Crippen molar-refractivity contribution in [2.24, 2.45) is 4.36 Å². The first-order chi connectivity index (χ1) is 16.5. The van der Waals surface area contributed by atoms with Gasteiger partial charge in [0.2, 0.25) is 0 Å². The minimum absolute atomic E-state index is 0.0947. The van der Waals surface area contributed by atoms with E-state index in [1.165, 1.54) is 36.1 Å². The van der Waals surface area contributed by atoms with Crippen LogP contribution < -0.4 is 16.4 Å². The molecule has 0 unspecified atom stereocenters. The van der Waals surface area contributed by atoms with E-state index in [2.05, 4.69) is 20.0 Å². The molecule has 0 spiro atoms. The van der Waals surface area contributed by atoms with Crippen LogP contribution in [0.2, 0.25) is 0 Å². The van der Waals surface area contributed by atoms with Gasteiger partial charge in [-0.2, -0.15) is 4.36 Å². The number of nitrogen functional groups attached to an aromatic ring is 1. The van der Waals surface area contributed by atoms with Crippen LogP contribution in [0, 0.1) is 12.7 Å². The summed E-state index contributed by atoms with van der Waals surface area (Å²) in [6.45, 7) is 1.81. The van der Waals surface area contributed by atoms with Crippen LogP contribution in [0.1, 0.15) is 15.9 Å². The molecule has 2 aromatic carbocycles. The highest BCUT2D eigenvalue weighted by Crippen LogP contribution is 2.37. The number of rotatable bonds is 4. The largest absolute Gasteiger partial charge is 0.383 e. The number of aromatic nitrogens is 1. The number of fused-ring (bicyclic) bond motifs is 1. The number of hydrogen-bond acceptors (Lipinski definition) is 5. The first-order valence-corrected chi connectivity index (χ1v) is 13.9. The summed E-state index contributed by atoms with van der Waals surface area (Å²) in [5.41, 5.74) is 8.32. The fraction of sp³-hybridized carbons (Fsp3) is 0.125. The number of pyridine rings is 1. The highest BCUT2D eigenvalue weighted by Gasteiger charge is 2.15. The van der Waals surface area contributed by atoms with Crippen LogP contribution in [0.25, 0.3) is 20.5 Å². The monoisotopic (exact) mass is 513 g/mol. The summed E-state index contributed by atoms with van der Waals surface area (Å²) in [7, 11) is -2.65. The molecule has 11 heteroatoms. The number of urea groups is 1. The number of nitrogens with one attached hydrogen (secondary N) is 2. The zero-order chi connectivity index (χ0) is 25.3. The number of benzene rings is 2. The molecule has 0 atom stereocenters. The topological polar surface area (TPSA) is 130 Å². The van der Waals surface area contributed by atoms with Gasteiger partial charge in [0.15, 0.2) is 0 Å². The lowest BCUT2D eigenvalue weighted by Crippen LogP contribution is -2.20. The maximum Gasteiger partial charge on any atom is 0.323 e. The van der Waals surface area contributed by atoms with Crippen LogP contribution >= 0.6 is 11.3 Å². The summed E-state index contributed by atoms with van der Waals surface area (Å²) in [5, 5.41) is 6.06. The Kier molecular flexibility index (Phi) is 6.66. The van der Waals surface area contributed by atoms with Gasteiger partial charge < -0.3 is 20.9 Å². The third-order valence-corrected chi connectivity index (χ3v) is 6.73. The van der Waals surface area contributed by atoms with Gasteiger partial charge in [-0.15, -0.1) is 21.4 Å². The van der Waals surface area contributed by atoms with Gasteiger partial charge in [-0.25, -0.2) is 14.2 Å². The summed E-state index contributed by atoms with van der Waals surface area (Å²) in [4.78, 5) is 29.7. The van der Waals surface area contributed by atoms with Crippen LogP contribution in [0.5, 0.6) is 0 Å². The van der Waals surface area contributed by atoms with E-state index in [4.69, 9.17) is 5.73 Å². The third-order valence-electron chi connectivity index (χ3n) is 4.91. The second kappa shape index (κ2) is 9.53. The van der Waals surface area contributed by atoms with E-state index in [0.29, 0.717) is 11.3 Å². The summed E-state index contributed by atoms with van der Waals surface area (Å²) in [5.74, 6) is -0.819. The molecule has 0 aliphatic rings. The molecule has 0 radical (unpaired) electrons. The minimum atomic E-state index is -2.65. The van der Waals surface area contributed by atoms with Crippen molar-refractivity contribution in [1.29, 1.82) is 0 Å². The number of nitrogens with two attached hydrogens (primary N) is 1. The molecule has 0 saturated carbocycles. The van der Waals surface area contributed by atoms with Gasteiger partial charge in [0.25, 0.3) is 5.91 Å². The molecule has 2 heterocycles. The predicted molar refractivity (Wildman–Crippen MR) is 143 cm³/mol. The molecule has 5 N–H and O–H groups in total. The summed E-state index contributed by atoms with van der Waals surface area (Å²) >= 11 is 1.45. The summed E-state index contributed by atoms with van der Waals surface area (Å²) < 4.78 is 28.6. The second-order valence-electron chi connectivity index (χ2n) is 8.32. The Balaban J connectivity index is 1.59. The Bertz CT molecular complexity index is 1520. The van der Waals surface area contributed by atoms with Crippen molar-refractivity contribution in [1.82, 2.24) is 4.98 Å². The van der Waals surface area contributed by atoms with Crippen LogP contribution in [0.3, 0.4) is 0 Å². The van der Waals surface area contributed by atoms with E-state index < -0.39 is 27.9 Å². The molecule has 35 heavy (non-hydrogen) atoms. The van der Waals surface area contributed by atoms with Gasteiger partial charge in [-0.05, 0) is 72.8 Å². The molecule has 3 amide bonds. The Labute approximate surface area is 206 Å². The van der Waals surface area contributed by atoms with Crippen LogP contribution in [0.15, 0.2) is 59.1 Å². The Morgan fingerprint density at radius 2 is 1.89 bits per heavy atom. The van der Waals surface area contributed by atoms with Crippen LogP contribution in [0.4, 0.5) is 26.4 Å². The van der Waals surface area contributed by atoms with Gasteiger partial charge in [-0.1, -0.05) is 6.07 Å². The fourth-order valence-corrected chi connectivity index (χ4v) is 4.97. The van der Waals surface area contributed by atoms with E-state index in [9.17, 15) is 18.5 Å². The zero-order valence-corrected chi connectivity index (χ0v) is 20.9. The lowest BCUT2D eigenvalue weighted by atomic mass is 10.1. The Morgan fingerprint density at radius 3 is 2.63 bits per heavy atom. The number of carbonyl (C=O) groups excluding carboxylic acids is 2. The number of aryl methyl sites for hydroxylation is 1. The van der Waals surface area contributed by atoms with E-state index >= 15 is 0 Å². The molecule has 0 fully saturated rings. The Hall–Kier alpha value is -3.67. The first-order valence-electron chi connectivity index (χ1n) is 10.5. The van der Waals surface area contributed by atoms with Gasteiger partial charge in [0.1, 0.15) is 11.6 Å². The molecule has 2 aromatic heterocycles. The van der Waals surface area contributed by atoms with E-state index in [1.807, 2.05) is 19.1 Å². The molecule has 182 valence electrons. The number of carbonyl (C=O) groups is 2. The number of hydrogen-bond donors (Lipinski definition) is 5. The van der Waals surface area contributed by atoms with E-state index in [1.54, 1.807) is 30.3 Å². The number of thiol groups is 1. The van der Waals surface area contributed by atoms with Crippen LogP contribution in [-0.2, 0) is 10.1 Å². The zero-order valence-electron chi connectivity index (χ0n) is 19.2. The van der Waals surface area contributed by atoms with E-state index in [0.717, 1.165) is 20.5 Å². The molecule has 0 bridgehead atoms. The molecule has 0 aliphatic carbocycles. The maximum absolute atomic E-state index is 13.9. The van der Waals surface area contributed by atoms with Crippen molar-refractivity contribution in [3.05, 3.63) is 71.7 Å². The quantitative estimate of drug-likeness (QED) is 0.228. The second-order valence-corrected chi connectivity index (χ2v) is 12.3. The van der Waals surface area contributed by atoms with Crippen LogP contribution in [-0.4, -0.2) is 34.0 Å². The molecule has 4 aromatic rings. The molecule has 4 rings (SSSR count). The number of amides is 3. The molecular formula is C24H24FN5O3S2. The minimum Gasteiger partial charge on any atom is -0.383 e. The van der Waals surface area contributed by atoms with Gasteiger partial charge in [0.05, 0.1) is 11.3 Å². The van der Waals surface area contributed by atoms with Crippen molar-refractivity contribution < 1.29 is 18.5 Å². The summed E-state index contributed by atoms with van der Waals surface area (Å²) in [6, 6.07) is 12.8. The van der Waals surface area contributed by atoms with Gasteiger partial charge in [0, 0.05) is 27.0 Å². The standard InChI is InChI=1S/C24H24FN5O3S2/c1-13-4-6-18(25)19(8-13)29-24(32)28-16-5-7-20-14(9-16)11-21(34-20)17-10-15(12-27-22(17)26)23(31)30-35(2,3)33/h4-12,35H,1-3H3,(H2,26,27)(H2,28,29,32)(H,30,31,33). The third kappa shape index (κ3) is 5.88. The summed E-state index contributed by atoms with van der Waals surface area (Å²) in [6.07, 6.45) is 4.38. The van der Waals surface area contributed by atoms with Crippen molar-refractivity contribution in [2.75, 3.05) is 28.9 Å². The van der Waals surface area contributed by atoms with Crippen molar-refractivity contribution >= 4 is 60.7 Å². The molecular weight excluding hydrogens is 489 g/mol. The number of anilines is 3. The predicted octanol–water partition coefficient (Wildman–Crippen LogP) is 5.58. The fourth-order valence-electron chi connectivity index (χ4n) is 3.34. The van der Waals surface area contributed by atoms with Crippen molar-refractivity contribution in [3.63, 3.8) is 0 Å². The average Bonchev–Trinajstić information content (AvgIpc) is 3.18. The lowest BCUT2D eigenvalue weighted by Gasteiger charge is -2.10. The van der Waals surface area contributed by atoms with Gasteiger partial charge >= 0.3 is 6.03 Å². The first kappa shape index (κ1) is 24.5. The highest BCUT2D eigenvalue weighted by atomic mass is 32.3. The number of halogens is 1. The normalized spacial score (nSPS) is 11.8. The van der Waals surface area contributed by atoms with Crippen molar-refractivity contribution in [2.45, 2.75) is 6.92 Å². The van der Waals surface area contributed by atoms with Gasteiger partial charge in [-0.3, -0.25) is 4.79 Å². The van der Waals surface area contributed by atoms with E-state index in [-0.39, 0.29) is 17.1 Å². The molecule has 0 saturated heterocycles.